The number of carbonyl (C=O) groups is 2. The fourth-order valence-corrected chi connectivity index (χ4v) is 1.05. The number of ether oxygens (including phenoxy) is 2. The molecule has 8 nitrogen and oxygen atoms in total. The smallest absolute Gasteiger partial charge is 0.317 e. The van der Waals surface area contributed by atoms with Gasteiger partial charge in [-0.2, -0.15) is 0 Å². The van der Waals surface area contributed by atoms with Crippen LogP contribution in [0, 0.1) is 0 Å². The van der Waals surface area contributed by atoms with Gasteiger partial charge in [-0.15, -0.1) is 0 Å². The van der Waals surface area contributed by atoms with Gasteiger partial charge in [0.15, 0.2) is 0 Å². The van der Waals surface area contributed by atoms with E-state index in [1.54, 1.807) is 23.9 Å². The molecule has 0 unspecified atom stereocenters. The monoisotopic (exact) mass is 358 g/mol. The molecule has 9 heteroatoms. The number of carboxylic acids is 2. The maximum Gasteiger partial charge on any atom is 0.317 e. The molecule has 0 saturated carbocycles. The molecule has 0 aliphatic heterocycles. The van der Waals surface area contributed by atoms with E-state index in [9.17, 15) is 9.59 Å². The Labute approximate surface area is 138 Å². The summed E-state index contributed by atoms with van der Waals surface area (Å²) in [6.07, 6.45) is 0. The van der Waals surface area contributed by atoms with Gasteiger partial charge in [-0.3, -0.25) is 19.4 Å². The Morgan fingerprint density at radius 1 is 0.857 bits per heavy atom. The molecule has 0 atom stereocenters. The Morgan fingerprint density at radius 2 is 1.14 bits per heavy atom. The molecule has 0 saturated heterocycles. The number of aliphatic carboxylic acids is 2. The van der Waals surface area contributed by atoms with E-state index in [4.69, 9.17) is 19.7 Å². The predicted molar refractivity (Wildman–Crippen MR) is 73.5 cm³/mol. The molecule has 0 heterocycles. The number of hydrogen-bond donors (Lipinski definition) is 2. The van der Waals surface area contributed by atoms with Crippen LogP contribution < -0.4 is 0 Å². The van der Waals surface area contributed by atoms with E-state index in [0.29, 0.717) is 26.7 Å². The van der Waals surface area contributed by atoms with E-state index in [0.717, 1.165) is 0 Å². The summed E-state index contributed by atoms with van der Waals surface area (Å²) in [6, 6.07) is 0. The van der Waals surface area contributed by atoms with Crippen molar-refractivity contribution >= 4 is 11.9 Å². The molecule has 0 aromatic rings. The minimum atomic E-state index is -0.831. The molecule has 0 rings (SSSR count). The van der Waals surface area contributed by atoms with Crippen LogP contribution in [0.25, 0.3) is 0 Å². The van der Waals surface area contributed by atoms with E-state index in [-0.39, 0.29) is 32.6 Å². The maximum atomic E-state index is 10.1. The first-order valence-electron chi connectivity index (χ1n) is 6.29. The molecule has 0 aliphatic carbocycles. The first-order chi connectivity index (χ1) is 9.33. The van der Waals surface area contributed by atoms with Gasteiger partial charge in [0, 0.05) is 32.7 Å². The summed E-state index contributed by atoms with van der Waals surface area (Å²) in [7, 11) is 3.40. The van der Waals surface area contributed by atoms with Crippen molar-refractivity contribution in [3.8, 4) is 0 Å². The molecule has 21 heavy (non-hydrogen) atoms. The van der Waals surface area contributed by atoms with Crippen molar-refractivity contribution in [1.29, 1.82) is 0 Å². The Hall–Kier alpha value is -0.597. The van der Waals surface area contributed by atoms with E-state index >= 15 is 0 Å². The van der Waals surface area contributed by atoms with Gasteiger partial charge in [-0.1, -0.05) is 0 Å². The van der Waals surface area contributed by atoms with Gasteiger partial charge in [0.1, 0.15) is 0 Å². The Balaban J connectivity index is -0.000000295. The third-order valence-electron chi connectivity index (χ3n) is 1.84. The van der Waals surface area contributed by atoms with Crippen molar-refractivity contribution in [2.45, 2.75) is 13.8 Å². The van der Waals surface area contributed by atoms with Gasteiger partial charge in [0.05, 0.1) is 26.6 Å². The zero-order valence-electron chi connectivity index (χ0n) is 13.4. The van der Waals surface area contributed by atoms with E-state index < -0.39 is 11.9 Å². The van der Waals surface area contributed by atoms with Crippen LogP contribution >= 0.6 is 0 Å². The molecule has 0 radical (unpaired) electrons. The summed E-state index contributed by atoms with van der Waals surface area (Å²) in [4.78, 5) is 23.3. The van der Waals surface area contributed by atoms with Crippen LogP contribution in [0.1, 0.15) is 13.8 Å². The van der Waals surface area contributed by atoms with Crippen LogP contribution in [-0.4, -0.2) is 85.8 Å². The maximum absolute atomic E-state index is 10.1. The molecule has 0 bridgehead atoms. The zero-order chi connectivity index (χ0) is 16.0. The molecule has 0 aromatic heterocycles. The molecule has 122 valence electrons. The fourth-order valence-electron chi connectivity index (χ4n) is 1.05. The van der Waals surface area contributed by atoms with E-state index in [1.165, 1.54) is 0 Å². The van der Waals surface area contributed by atoms with Gasteiger partial charge < -0.3 is 19.7 Å². The van der Waals surface area contributed by atoms with Crippen molar-refractivity contribution in [1.82, 2.24) is 9.80 Å². The quantitative estimate of drug-likeness (QED) is 0.415. The normalized spacial score (nSPS) is 9.81. The van der Waals surface area contributed by atoms with Crippen LogP contribution in [0.15, 0.2) is 0 Å². The van der Waals surface area contributed by atoms with Crippen molar-refractivity contribution in [3.05, 3.63) is 0 Å². The third kappa shape index (κ3) is 24.8. The largest absolute Gasteiger partial charge is 0.480 e. The molecule has 0 spiro atoms. The van der Waals surface area contributed by atoms with E-state index in [1.807, 2.05) is 13.8 Å². The minimum absolute atomic E-state index is 0. The number of rotatable bonds is 10. The summed E-state index contributed by atoms with van der Waals surface area (Å²) in [6.45, 7) is 5.78. The fraction of sp³-hybridized carbons (Fsp3) is 0.833. The molecule has 2 N–H and O–H groups in total. The topological polar surface area (TPSA) is 99.5 Å². The van der Waals surface area contributed by atoms with Gasteiger partial charge in [-0.05, 0) is 27.9 Å². The molecular formula is C12H26N2O6Zn. The van der Waals surface area contributed by atoms with Crippen LogP contribution in [-0.2, 0) is 38.5 Å². The number of likely N-dealkylation sites (N-methyl/N-ethyl adjacent to an activating group) is 2. The number of hydrogen-bond acceptors (Lipinski definition) is 6. The summed E-state index contributed by atoms with van der Waals surface area (Å²) in [5.74, 6) is -1.66. The van der Waals surface area contributed by atoms with Crippen molar-refractivity contribution < 1.29 is 48.8 Å². The third-order valence-corrected chi connectivity index (χ3v) is 1.84. The predicted octanol–water partition coefficient (Wildman–Crippen LogP) is -0.00890. The van der Waals surface area contributed by atoms with Gasteiger partial charge in [0.25, 0.3) is 0 Å². The number of carboxylic acid groups (broad SMARTS) is 2. The summed E-state index contributed by atoms with van der Waals surface area (Å²) >= 11 is 0. The number of nitrogens with zero attached hydrogens (tertiary/aromatic N) is 2. The molecule has 0 aliphatic rings. The second kappa shape index (κ2) is 17.5. The summed E-state index contributed by atoms with van der Waals surface area (Å²) in [5, 5.41) is 16.6. The average Bonchev–Trinajstić information content (AvgIpc) is 2.33. The molecule has 0 amide bonds. The first-order valence-corrected chi connectivity index (χ1v) is 6.29. The first kappa shape index (κ1) is 25.4. The zero-order valence-corrected chi connectivity index (χ0v) is 16.3. The standard InChI is InChI=1S/2C6H13NO3.Zn/c2*1-3-10-5-7(2)4-6(8)9;/h2*3-5H2,1-2H3,(H,8,9);. The Kier molecular flexibility index (Phi) is 21.1. The SMILES string of the molecule is CCOCN(C)CC(=O)O.CCOCN(C)CC(=O)O.[Zn]. The molecular weight excluding hydrogens is 334 g/mol. The van der Waals surface area contributed by atoms with Crippen LogP contribution in [0.5, 0.6) is 0 Å². The molecule has 0 aromatic carbocycles. The van der Waals surface area contributed by atoms with Gasteiger partial charge >= 0.3 is 11.9 Å². The Morgan fingerprint density at radius 3 is 1.33 bits per heavy atom. The Bertz CT molecular complexity index is 242. The van der Waals surface area contributed by atoms with Crippen molar-refractivity contribution in [2.75, 3.05) is 53.9 Å². The van der Waals surface area contributed by atoms with Crippen LogP contribution in [0.4, 0.5) is 0 Å². The second-order valence-corrected chi connectivity index (χ2v) is 4.06. The summed E-state index contributed by atoms with van der Waals surface area (Å²) in [5.41, 5.74) is 0. The van der Waals surface area contributed by atoms with Crippen LogP contribution in [0.3, 0.4) is 0 Å². The van der Waals surface area contributed by atoms with E-state index in [2.05, 4.69) is 0 Å². The van der Waals surface area contributed by atoms with Crippen molar-refractivity contribution in [2.24, 2.45) is 0 Å². The van der Waals surface area contributed by atoms with Crippen LogP contribution in [0.2, 0.25) is 0 Å². The van der Waals surface area contributed by atoms with Gasteiger partial charge in [-0.25, -0.2) is 0 Å². The molecule has 0 fully saturated rings. The average molecular weight is 360 g/mol. The van der Waals surface area contributed by atoms with Crippen molar-refractivity contribution in [3.63, 3.8) is 0 Å². The second-order valence-electron chi connectivity index (χ2n) is 4.06. The van der Waals surface area contributed by atoms with Gasteiger partial charge in [0.2, 0.25) is 0 Å². The summed E-state index contributed by atoms with van der Waals surface area (Å²) < 4.78 is 9.92. The minimum Gasteiger partial charge on any atom is -0.480 e.